The van der Waals surface area contributed by atoms with Gasteiger partial charge in [-0.15, -0.1) is 11.3 Å². The summed E-state index contributed by atoms with van der Waals surface area (Å²) >= 11 is 1.54. The van der Waals surface area contributed by atoms with Gasteiger partial charge in [-0.1, -0.05) is 0 Å². The molecule has 200 valence electrons. The van der Waals surface area contributed by atoms with Crippen LogP contribution in [0.3, 0.4) is 0 Å². The summed E-state index contributed by atoms with van der Waals surface area (Å²) in [6.07, 6.45) is 3.40. The van der Waals surface area contributed by atoms with Crippen molar-refractivity contribution in [1.82, 2.24) is 19.9 Å². The molecule has 1 unspecified atom stereocenters. The van der Waals surface area contributed by atoms with Crippen LogP contribution in [0.2, 0.25) is 0 Å². The highest BCUT2D eigenvalue weighted by Crippen LogP contribution is 2.40. The molecule has 0 bridgehead atoms. The maximum absolute atomic E-state index is 10.9. The number of ether oxygens (including phenoxy) is 1. The summed E-state index contributed by atoms with van der Waals surface area (Å²) < 4.78 is 6.86. The lowest BCUT2D eigenvalue weighted by Crippen LogP contribution is -2.40. The summed E-state index contributed by atoms with van der Waals surface area (Å²) in [7, 11) is 0. The number of aliphatic hydroxyl groups is 3. The van der Waals surface area contributed by atoms with Crippen LogP contribution in [-0.2, 0) is 4.74 Å². The zero-order valence-electron chi connectivity index (χ0n) is 21.7. The third kappa shape index (κ3) is 5.42. The van der Waals surface area contributed by atoms with Crippen molar-refractivity contribution in [3.05, 3.63) is 23.7 Å². The first-order chi connectivity index (χ1) is 17.6. The Labute approximate surface area is 220 Å². The lowest BCUT2D eigenvalue weighted by molar-refractivity contribution is -0.0601. The molecule has 5 N–H and O–H groups in total. The fourth-order valence-electron chi connectivity index (χ4n) is 5.33. The highest BCUT2D eigenvalue weighted by atomic mass is 32.1. The normalized spacial score (nSPS) is 26.5. The summed E-state index contributed by atoms with van der Waals surface area (Å²) in [5, 5.41) is 39.5. The molecule has 37 heavy (non-hydrogen) atoms. The SMILES string of the molecule is Cc1nc(NCC2CCCCO2)nc(N[C@@H]2C[C@H](C(C)(C)O)[C@@H](O)[C@H]2O)c1-c1nc2c(C)nccc2s1. The number of nitrogens with zero attached hydrogens (tertiary/aromatic N) is 4. The number of fused-ring (bicyclic) bond motifs is 1. The third-order valence-electron chi connectivity index (χ3n) is 7.47. The molecule has 1 saturated heterocycles. The molecule has 1 aliphatic carbocycles. The first kappa shape index (κ1) is 26.2. The van der Waals surface area contributed by atoms with E-state index in [1.165, 1.54) is 11.3 Å². The van der Waals surface area contributed by atoms with Crippen molar-refractivity contribution in [3.8, 4) is 10.6 Å². The van der Waals surface area contributed by atoms with E-state index in [9.17, 15) is 15.3 Å². The Bertz CT molecular complexity index is 1260. The second-order valence-electron chi connectivity index (χ2n) is 10.7. The van der Waals surface area contributed by atoms with E-state index < -0.39 is 29.8 Å². The van der Waals surface area contributed by atoms with Crippen molar-refractivity contribution in [1.29, 1.82) is 0 Å². The maximum Gasteiger partial charge on any atom is 0.224 e. The molecule has 1 aliphatic heterocycles. The topological polar surface area (TPSA) is 146 Å². The van der Waals surface area contributed by atoms with Crippen LogP contribution in [0.4, 0.5) is 11.8 Å². The van der Waals surface area contributed by atoms with Gasteiger partial charge in [-0.05, 0) is 59.4 Å². The van der Waals surface area contributed by atoms with Gasteiger partial charge in [0, 0.05) is 25.3 Å². The minimum Gasteiger partial charge on any atom is -0.390 e. The van der Waals surface area contributed by atoms with Gasteiger partial charge in [0.25, 0.3) is 0 Å². The summed E-state index contributed by atoms with van der Waals surface area (Å²) in [5.74, 6) is 0.504. The smallest absolute Gasteiger partial charge is 0.224 e. The molecule has 11 heteroatoms. The molecule has 0 radical (unpaired) electrons. The number of rotatable bonds is 7. The summed E-state index contributed by atoms with van der Waals surface area (Å²) in [6, 6.07) is 1.43. The van der Waals surface area contributed by atoms with E-state index in [-0.39, 0.29) is 6.10 Å². The van der Waals surface area contributed by atoms with Crippen LogP contribution >= 0.6 is 11.3 Å². The molecule has 3 aromatic heterocycles. The quantitative estimate of drug-likeness (QED) is 0.310. The number of pyridine rings is 1. The van der Waals surface area contributed by atoms with Crippen molar-refractivity contribution < 1.29 is 20.1 Å². The molecule has 1 saturated carbocycles. The van der Waals surface area contributed by atoms with Crippen LogP contribution in [0.1, 0.15) is 50.9 Å². The number of aryl methyl sites for hydroxylation is 2. The van der Waals surface area contributed by atoms with Crippen LogP contribution in [0.25, 0.3) is 20.8 Å². The molecule has 3 aromatic rings. The minimum atomic E-state index is -1.13. The average molecular weight is 529 g/mol. The maximum atomic E-state index is 10.9. The van der Waals surface area contributed by atoms with E-state index >= 15 is 0 Å². The van der Waals surface area contributed by atoms with E-state index in [4.69, 9.17) is 19.7 Å². The van der Waals surface area contributed by atoms with Crippen molar-refractivity contribution in [2.45, 2.75) is 83.3 Å². The van der Waals surface area contributed by atoms with Crippen LogP contribution in [0.5, 0.6) is 0 Å². The number of thiazole rings is 1. The van der Waals surface area contributed by atoms with E-state index in [1.807, 2.05) is 19.9 Å². The van der Waals surface area contributed by atoms with Crippen LogP contribution in [0, 0.1) is 19.8 Å². The lowest BCUT2D eigenvalue weighted by Gasteiger charge is -2.28. The monoisotopic (exact) mass is 528 g/mol. The fraction of sp³-hybridized carbons (Fsp3) is 0.615. The predicted octanol–water partition coefficient (Wildman–Crippen LogP) is 3.04. The Hall–Kier alpha value is -2.44. The lowest BCUT2D eigenvalue weighted by atomic mass is 9.88. The minimum absolute atomic E-state index is 0.118. The molecule has 5 rings (SSSR count). The van der Waals surface area contributed by atoms with Gasteiger partial charge in [0.2, 0.25) is 5.95 Å². The van der Waals surface area contributed by atoms with Gasteiger partial charge >= 0.3 is 0 Å². The highest BCUT2D eigenvalue weighted by molar-refractivity contribution is 7.21. The molecule has 4 heterocycles. The number of hydrogen-bond acceptors (Lipinski definition) is 11. The molecule has 0 spiro atoms. The first-order valence-electron chi connectivity index (χ1n) is 12.9. The molecule has 2 fully saturated rings. The van der Waals surface area contributed by atoms with Crippen molar-refractivity contribution >= 4 is 33.3 Å². The Morgan fingerprint density at radius 2 is 1.92 bits per heavy atom. The Balaban J connectivity index is 1.50. The van der Waals surface area contributed by atoms with Gasteiger partial charge < -0.3 is 30.7 Å². The average Bonchev–Trinajstić information content (AvgIpc) is 3.40. The van der Waals surface area contributed by atoms with E-state index in [2.05, 4.69) is 15.6 Å². The van der Waals surface area contributed by atoms with Crippen molar-refractivity contribution in [2.75, 3.05) is 23.8 Å². The van der Waals surface area contributed by atoms with Crippen LogP contribution in [-0.4, -0.2) is 78.4 Å². The molecule has 10 nitrogen and oxygen atoms in total. The number of aliphatic hydroxyl groups excluding tert-OH is 2. The van der Waals surface area contributed by atoms with E-state index in [0.717, 1.165) is 58.0 Å². The Morgan fingerprint density at radius 3 is 2.59 bits per heavy atom. The van der Waals surface area contributed by atoms with Crippen LogP contribution < -0.4 is 10.6 Å². The number of hydrogen-bond donors (Lipinski definition) is 5. The van der Waals surface area contributed by atoms with Gasteiger partial charge in [-0.2, -0.15) is 4.98 Å². The molecule has 2 aliphatic rings. The van der Waals surface area contributed by atoms with Gasteiger partial charge in [0.05, 0.1) is 45.5 Å². The second kappa shape index (κ2) is 10.4. The highest BCUT2D eigenvalue weighted by Gasteiger charge is 2.48. The largest absolute Gasteiger partial charge is 0.390 e. The molecular formula is C26H36N6O4S. The molecular weight excluding hydrogens is 492 g/mol. The summed E-state index contributed by atoms with van der Waals surface area (Å²) in [6.45, 7) is 8.54. The Kier molecular flexibility index (Phi) is 7.34. The molecule has 0 amide bonds. The summed E-state index contributed by atoms with van der Waals surface area (Å²) in [4.78, 5) is 18.8. The fourth-order valence-corrected chi connectivity index (χ4v) is 6.44. The molecule has 0 aromatic carbocycles. The Morgan fingerprint density at radius 1 is 1.11 bits per heavy atom. The number of aromatic nitrogens is 4. The standard InChI is InChI=1S/C26H36N6O4S/c1-13-19(24-31-20-14(2)27-9-8-18(20)37-24)23(30-17-11-16(26(3,4)35)21(33)22(17)34)32-25(29-13)28-12-15-7-5-6-10-36-15/h8-9,15-17,21-22,33-35H,5-7,10-12H2,1-4H3,(H2,28,29,30,32)/t15?,16-,17+,21+,22-/m0/s1. The predicted molar refractivity (Wildman–Crippen MR) is 144 cm³/mol. The number of nitrogens with one attached hydrogen (secondary N) is 2. The van der Waals surface area contributed by atoms with Gasteiger partial charge in [-0.3, -0.25) is 4.98 Å². The molecule has 5 atom stereocenters. The third-order valence-corrected chi connectivity index (χ3v) is 8.51. The summed E-state index contributed by atoms with van der Waals surface area (Å²) in [5.41, 5.74) is 2.03. The van der Waals surface area contributed by atoms with E-state index in [1.54, 1.807) is 20.0 Å². The zero-order chi connectivity index (χ0) is 26.3. The van der Waals surface area contributed by atoms with Gasteiger partial charge in [-0.25, -0.2) is 9.97 Å². The second-order valence-corrected chi connectivity index (χ2v) is 11.7. The first-order valence-corrected chi connectivity index (χ1v) is 13.7. The van der Waals surface area contributed by atoms with Gasteiger partial charge in [0.15, 0.2) is 0 Å². The number of anilines is 2. The van der Waals surface area contributed by atoms with Crippen molar-refractivity contribution in [3.63, 3.8) is 0 Å². The van der Waals surface area contributed by atoms with Crippen LogP contribution in [0.15, 0.2) is 12.3 Å². The van der Waals surface area contributed by atoms with E-state index in [0.29, 0.717) is 24.7 Å². The zero-order valence-corrected chi connectivity index (χ0v) is 22.5. The van der Waals surface area contributed by atoms with Gasteiger partial charge in [0.1, 0.15) is 22.4 Å². The van der Waals surface area contributed by atoms with Crippen molar-refractivity contribution in [2.24, 2.45) is 5.92 Å².